The van der Waals surface area contributed by atoms with Crippen LogP contribution in [0, 0.1) is 0 Å². The van der Waals surface area contributed by atoms with Crippen LogP contribution in [0.1, 0.15) is 38.2 Å². The van der Waals surface area contributed by atoms with Gasteiger partial charge in [-0.05, 0) is 27.2 Å². The molecule has 0 fully saturated rings. The van der Waals surface area contributed by atoms with Crippen molar-refractivity contribution in [2.75, 3.05) is 6.98 Å². The zero-order valence-corrected chi connectivity index (χ0v) is 8.50. The second-order valence-electron chi connectivity index (χ2n) is 3.74. The van der Waals surface area contributed by atoms with E-state index >= 15 is 0 Å². The summed E-state index contributed by atoms with van der Waals surface area (Å²) in [6.45, 7) is 3.74. The number of amides is 1. The van der Waals surface area contributed by atoms with Crippen LogP contribution in [0.25, 0.3) is 0 Å². The fraction of sp³-hybridized carbons (Fsp3) is 0.889. The Labute approximate surface area is 83.7 Å². The minimum Gasteiger partial charge on any atom is -0.444 e. The molecule has 0 radical (unpaired) electrons. The van der Waals surface area contributed by atoms with Crippen molar-refractivity contribution in [2.24, 2.45) is 0 Å². The van der Waals surface area contributed by atoms with Crippen molar-refractivity contribution in [3.05, 3.63) is 0 Å². The quantitative estimate of drug-likeness (QED) is 0.676. The third kappa shape index (κ3) is 4.72. The summed E-state index contributed by atoms with van der Waals surface area (Å²) < 4.78 is 26.4. The van der Waals surface area contributed by atoms with Gasteiger partial charge in [0.15, 0.2) is 0 Å². The fourth-order valence-electron chi connectivity index (χ4n) is 0.615. The summed E-state index contributed by atoms with van der Waals surface area (Å²) in [7, 11) is 0. The normalized spacial score (nSPS) is 18.1. The molecular weight excluding hydrogens is 170 g/mol. The van der Waals surface area contributed by atoms with Crippen molar-refractivity contribution >= 4 is 6.09 Å². The van der Waals surface area contributed by atoms with Crippen LogP contribution in [0.15, 0.2) is 0 Å². The van der Waals surface area contributed by atoms with Crippen LogP contribution in [0.4, 0.5) is 4.79 Å². The van der Waals surface area contributed by atoms with Gasteiger partial charge in [-0.1, -0.05) is 6.92 Å². The van der Waals surface area contributed by atoms with Gasteiger partial charge in [0, 0.05) is 11.1 Å². The van der Waals surface area contributed by atoms with Gasteiger partial charge in [-0.3, -0.25) is 4.90 Å². The second kappa shape index (κ2) is 4.46. The molecule has 0 heterocycles. The summed E-state index contributed by atoms with van der Waals surface area (Å²) in [5.74, 6) is 0. The lowest BCUT2D eigenvalue weighted by Crippen LogP contribution is -2.40. The molecular formula is C9H19NO3. The molecule has 0 aliphatic heterocycles. The number of carbonyl (C=O) groups is 1. The van der Waals surface area contributed by atoms with Gasteiger partial charge in [-0.25, -0.2) is 4.79 Å². The van der Waals surface area contributed by atoms with Gasteiger partial charge in [0.2, 0.25) is 0 Å². The van der Waals surface area contributed by atoms with Crippen LogP contribution in [0.2, 0.25) is 0 Å². The minimum absolute atomic E-state index is 0.123. The van der Waals surface area contributed by atoms with Gasteiger partial charge < -0.3 is 9.84 Å². The number of aliphatic hydroxyl groups is 1. The maximum Gasteiger partial charge on any atom is 0.412 e. The Morgan fingerprint density at radius 2 is 2.23 bits per heavy atom. The molecule has 0 bridgehead atoms. The molecule has 0 spiro atoms. The maximum absolute atomic E-state index is 11.6. The predicted octanol–water partition coefficient (Wildman–Crippen LogP) is 1.58. The summed E-state index contributed by atoms with van der Waals surface area (Å²) in [4.78, 5) is 12.0. The zero-order valence-electron chi connectivity index (χ0n) is 11.5. The van der Waals surface area contributed by atoms with Crippen molar-refractivity contribution in [2.45, 2.75) is 45.9 Å². The lowest BCUT2D eigenvalue weighted by atomic mass is 10.2. The molecule has 0 saturated heterocycles. The van der Waals surface area contributed by atoms with Crippen LogP contribution in [-0.4, -0.2) is 34.9 Å². The van der Waals surface area contributed by atoms with Gasteiger partial charge in [0.1, 0.15) is 11.8 Å². The largest absolute Gasteiger partial charge is 0.444 e. The van der Waals surface area contributed by atoms with E-state index in [2.05, 4.69) is 0 Å². The van der Waals surface area contributed by atoms with Crippen molar-refractivity contribution in [1.82, 2.24) is 4.90 Å². The molecule has 0 aliphatic rings. The van der Waals surface area contributed by atoms with Crippen LogP contribution < -0.4 is 0 Å². The average molecular weight is 192 g/mol. The highest BCUT2D eigenvalue weighted by molar-refractivity contribution is 5.67. The van der Waals surface area contributed by atoms with Crippen LogP contribution >= 0.6 is 0 Å². The Morgan fingerprint density at radius 3 is 2.54 bits per heavy atom. The van der Waals surface area contributed by atoms with Crippen molar-refractivity contribution in [1.29, 1.82) is 0 Å². The molecule has 0 aromatic heterocycles. The topological polar surface area (TPSA) is 49.8 Å². The molecule has 0 saturated carbocycles. The lowest BCUT2D eigenvalue weighted by Gasteiger charge is -2.27. The van der Waals surface area contributed by atoms with Crippen molar-refractivity contribution in [3.8, 4) is 0 Å². The summed E-state index contributed by atoms with van der Waals surface area (Å²) in [5.41, 5.74) is -0.798. The zero-order chi connectivity index (χ0) is 13.1. The Morgan fingerprint density at radius 1 is 1.69 bits per heavy atom. The van der Waals surface area contributed by atoms with Crippen LogP contribution in [0.3, 0.4) is 0 Å². The SMILES string of the molecule is [2H]C([2H])([2H])N(C(=O)OC(C)(C)C)C(O)CC. The predicted molar refractivity (Wildman–Crippen MR) is 50.3 cm³/mol. The van der Waals surface area contributed by atoms with Gasteiger partial charge >= 0.3 is 6.09 Å². The van der Waals surface area contributed by atoms with E-state index in [0.717, 1.165) is 0 Å². The average Bonchev–Trinajstić information content (AvgIpc) is 1.97. The fourth-order valence-corrected chi connectivity index (χ4v) is 0.615. The smallest absolute Gasteiger partial charge is 0.412 e. The van der Waals surface area contributed by atoms with E-state index in [1.54, 1.807) is 27.7 Å². The van der Waals surface area contributed by atoms with E-state index in [1.165, 1.54) is 0 Å². The number of aliphatic hydroxyl groups excluding tert-OH is 1. The van der Waals surface area contributed by atoms with Crippen LogP contribution in [0.5, 0.6) is 0 Å². The molecule has 0 aromatic rings. The first-order valence-electron chi connectivity index (χ1n) is 5.69. The number of rotatable bonds is 2. The molecule has 1 unspecified atom stereocenters. The third-order valence-corrected chi connectivity index (χ3v) is 1.25. The molecule has 1 atom stereocenters. The highest BCUT2D eigenvalue weighted by Gasteiger charge is 2.22. The van der Waals surface area contributed by atoms with E-state index in [1.807, 2.05) is 0 Å². The first-order valence-corrected chi connectivity index (χ1v) is 4.19. The molecule has 4 heteroatoms. The Hall–Kier alpha value is -0.770. The third-order valence-electron chi connectivity index (χ3n) is 1.25. The summed E-state index contributed by atoms with van der Waals surface area (Å²) in [6, 6.07) is 0. The highest BCUT2D eigenvalue weighted by Crippen LogP contribution is 2.10. The van der Waals surface area contributed by atoms with Gasteiger partial charge in [0.25, 0.3) is 0 Å². The van der Waals surface area contributed by atoms with E-state index in [4.69, 9.17) is 8.85 Å². The Balaban J connectivity index is 4.86. The lowest BCUT2D eigenvalue weighted by molar-refractivity contribution is -0.0207. The first-order chi connectivity index (χ1) is 6.99. The number of nitrogens with zero attached hydrogens (tertiary/aromatic N) is 1. The van der Waals surface area contributed by atoms with E-state index < -0.39 is 24.9 Å². The van der Waals surface area contributed by atoms with Crippen molar-refractivity contribution in [3.63, 3.8) is 0 Å². The van der Waals surface area contributed by atoms with Gasteiger partial charge in [-0.2, -0.15) is 0 Å². The molecule has 0 aromatic carbocycles. The standard InChI is InChI=1S/C9H19NO3/c1-6-7(11)10(5)8(12)13-9(2,3)4/h7,11H,6H2,1-5H3/i5D3. The van der Waals surface area contributed by atoms with Gasteiger partial charge in [0.05, 0.1) is 0 Å². The van der Waals surface area contributed by atoms with Crippen LogP contribution in [-0.2, 0) is 4.74 Å². The molecule has 1 amide bonds. The minimum atomic E-state index is -2.71. The summed E-state index contributed by atoms with van der Waals surface area (Å²) >= 11 is 0. The van der Waals surface area contributed by atoms with E-state index in [9.17, 15) is 9.90 Å². The summed E-state index contributed by atoms with van der Waals surface area (Å²) in [5, 5.41) is 9.49. The number of ether oxygens (including phenoxy) is 1. The molecule has 4 nitrogen and oxygen atoms in total. The molecule has 0 aliphatic carbocycles. The molecule has 78 valence electrons. The monoisotopic (exact) mass is 192 g/mol. The van der Waals surface area contributed by atoms with E-state index in [0.29, 0.717) is 4.90 Å². The van der Waals surface area contributed by atoms with Crippen molar-refractivity contribution < 1.29 is 18.8 Å². The van der Waals surface area contributed by atoms with E-state index in [-0.39, 0.29) is 6.42 Å². The molecule has 0 rings (SSSR count). The first kappa shape index (κ1) is 7.62. The highest BCUT2D eigenvalue weighted by atomic mass is 16.6. The number of hydrogen-bond acceptors (Lipinski definition) is 3. The number of carbonyl (C=O) groups excluding carboxylic acids is 1. The molecule has 13 heavy (non-hydrogen) atoms. The second-order valence-corrected chi connectivity index (χ2v) is 3.74. The summed E-state index contributed by atoms with van der Waals surface area (Å²) in [6.07, 6.45) is -2.29. The molecule has 1 N–H and O–H groups in total. The Kier molecular flexibility index (Phi) is 2.61. The number of hydrogen-bond donors (Lipinski definition) is 1. The van der Waals surface area contributed by atoms with Gasteiger partial charge in [-0.15, -0.1) is 0 Å². The Bertz CT molecular complexity index is 247. The maximum atomic E-state index is 11.6.